The molecule has 0 spiro atoms. The first-order valence-electron chi connectivity index (χ1n) is 8.38. The number of carbonyl (C=O) groups is 1. The zero-order valence-corrected chi connectivity index (χ0v) is 16.2. The fraction of sp³-hybridized carbons (Fsp3) is 0.421. The van der Waals surface area contributed by atoms with Gasteiger partial charge >= 0.3 is 0 Å². The lowest BCUT2D eigenvalue weighted by Crippen LogP contribution is -2.44. The molecule has 136 valence electrons. The van der Waals surface area contributed by atoms with E-state index in [2.05, 4.69) is 23.7 Å². The van der Waals surface area contributed by atoms with Crippen molar-refractivity contribution in [3.8, 4) is 5.75 Å². The number of methoxy groups -OCH3 is 1. The number of ether oxygens (including phenoxy) is 1. The van der Waals surface area contributed by atoms with Crippen molar-refractivity contribution in [2.24, 2.45) is 5.92 Å². The van der Waals surface area contributed by atoms with Crippen molar-refractivity contribution in [1.29, 1.82) is 0 Å². The minimum Gasteiger partial charge on any atom is -0.497 e. The van der Waals surface area contributed by atoms with E-state index in [9.17, 15) is 4.79 Å². The van der Waals surface area contributed by atoms with Gasteiger partial charge in [-0.25, -0.2) is 0 Å². The average molecular weight is 381 g/mol. The van der Waals surface area contributed by atoms with Crippen LogP contribution in [0.4, 0.5) is 5.69 Å². The van der Waals surface area contributed by atoms with Crippen molar-refractivity contribution in [1.82, 2.24) is 5.32 Å². The van der Waals surface area contributed by atoms with Gasteiger partial charge in [-0.1, -0.05) is 6.07 Å². The average Bonchev–Trinajstić information content (AvgIpc) is 3.12. The molecule has 1 aliphatic rings. The summed E-state index contributed by atoms with van der Waals surface area (Å²) < 4.78 is 5.24. The molecule has 1 aromatic heterocycles. The van der Waals surface area contributed by atoms with Crippen LogP contribution in [0.25, 0.3) is 0 Å². The Morgan fingerprint density at radius 3 is 2.68 bits per heavy atom. The Balaban J connectivity index is 0.00000225. The normalized spacial score (nSPS) is 19.8. The summed E-state index contributed by atoms with van der Waals surface area (Å²) in [6, 6.07) is 12.3. The van der Waals surface area contributed by atoms with Crippen LogP contribution in [0.3, 0.4) is 0 Å². The summed E-state index contributed by atoms with van der Waals surface area (Å²) in [6.07, 6.45) is 1.80. The molecule has 1 fully saturated rings. The molecule has 2 atom stereocenters. The first kappa shape index (κ1) is 19.8. The molecular formula is C19H25ClN2O2S. The van der Waals surface area contributed by atoms with Crippen molar-refractivity contribution in [2.45, 2.75) is 32.4 Å². The highest BCUT2D eigenvalue weighted by atomic mass is 35.5. The van der Waals surface area contributed by atoms with Crippen LogP contribution in [0.5, 0.6) is 5.75 Å². The zero-order chi connectivity index (χ0) is 16.9. The highest BCUT2D eigenvalue weighted by Crippen LogP contribution is 2.27. The summed E-state index contributed by atoms with van der Waals surface area (Å²) in [5, 5.41) is 5.48. The fourth-order valence-electron chi connectivity index (χ4n) is 3.19. The SMILES string of the molecule is COc1ccc(N(Cc2cccs2)C(=O)[C@H]2CCN[C@@H](C)C2)cc1.Cl. The standard InChI is InChI=1S/C19H24N2O2S.ClH/c1-14-12-15(9-10-20-14)19(22)21(13-18-4-3-11-24-18)16-5-7-17(23-2)8-6-16;/h3-8,11,14-15,20H,9-10,12-13H2,1-2H3;1H/t14-,15-;/m0./s1. The van der Waals surface area contributed by atoms with Crippen LogP contribution in [0.15, 0.2) is 41.8 Å². The molecule has 0 bridgehead atoms. The second kappa shape index (κ2) is 9.22. The molecule has 0 unspecified atom stereocenters. The van der Waals surface area contributed by atoms with Crippen LogP contribution < -0.4 is 15.0 Å². The smallest absolute Gasteiger partial charge is 0.230 e. The Labute approximate surface area is 159 Å². The van der Waals surface area contributed by atoms with E-state index in [0.717, 1.165) is 30.8 Å². The summed E-state index contributed by atoms with van der Waals surface area (Å²) in [7, 11) is 1.65. The summed E-state index contributed by atoms with van der Waals surface area (Å²) >= 11 is 1.69. The quantitative estimate of drug-likeness (QED) is 0.849. The number of halogens is 1. The number of carbonyl (C=O) groups excluding carboxylic acids is 1. The Hall–Kier alpha value is -1.56. The first-order chi connectivity index (χ1) is 11.7. The molecule has 2 heterocycles. The van der Waals surface area contributed by atoms with E-state index in [-0.39, 0.29) is 24.2 Å². The van der Waals surface area contributed by atoms with Crippen LogP contribution in [0.1, 0.15) is 24.6 Å². The van der Waals surface area contributed by atoms with E-state index in [1.54, 1.807) is 18.4 Å². The van der Waals surface area contributed by atoms with E-state index >= 15 is 0 Å². The van der Waals surface area contributed by atoms with Crippen molar-refractivity contribution >= 4 is 35.3 Å². The molecular weight excluding hydrogens is 356 g/mol. The monoisotopic (exact) mass is 380 g/mol. The van der Waals surface area contributed by atoms with Gasteiger partial charge < -0.3 is 15.0 Å². The van der Waals surface area contributed by atoms with Crippen molar-refractivity contribution < 1.29 is 9.53 Å². The number of thiophene rings is 1. The van der Waals surface area contributed by atoms with Gasteiger partial charge in [-0.2, -0.15) is 0 Å². The van der Waals surface area contributed by atoms with Crippen molar-refractivity contribution in [3.05, 3.63) is 46.7 Å². The lowest BCUT2D eigenvalue weighted by Gasteiger charge is -2.32. The predicted octanol–water partition coefficient (Wildman–Crippen LogP) is 4.10. The molecule has 25 heavy (non-hydrogen) atoms. The van der Waals surface area contributed by atoms with E-state index in [1.807, 2.05) is 35.2 Å². The van der Waals surface area contributed by atoms with Gasteiger partial charge in [0, 0.05) is 22.5 Å². The van der Waals surface area contributed by atoms with Crippen LogP contribution in [-0.4, -0.2) is 25.6 Å². The molecule has 2 aromatic rings. The van der Waals surface area contributed by atoms with Gasteiger partial charge in [0.25, 0.3) is 0 Å². The minimum absolute atomic E-state index is 0. The second-order valence-corrected chi connectivity index (χ2v) is 7.31. The second-order valence-electron chi connectivity index (χ2n) is 6.28. The number of amides is 1. The first-order valence-corrected chi connectivity index (χ1v) is 9.26. The number of hydrogen-bond acceptors (Lipinski definition) is 4. The maximum absolute atomic E-state index is 13.2. The van der Waals surface area contributed by atoms with E-state index in [4.69, 9.17) is 4.74 Å². The summed E-state index contributed by atoms with van der Waals surface area (Å²) in [4.78, 5) is 16.3. The number of nitrogens with zero attached hydrogens (tertiary/aromatic N) is 1. The highest BCUT2D eigenvalue weighted by molar-refractivity contribution is 7.09. The number of benzene rings is 1. The van der Waals surface area contributed by atoms with Crippen LogP contribution >= 0.6 is 23.7 Å². The van der Waals surface area contributed by atoms with Gasteiger partial charge in [-0.15, -0.1) is 23.7 Å². The molecule has 1 N–H and O–H groups in total. The lowest BCUT2D eigenvalue weighted by molar-refractivity contribution is -0.123. The van der Waals surface area contributed by atoms with Crippen LogP contribution in [-0.2, 0) is 11.3 Å². The maximum atomic E-state index is 13.2. The molecule has 1 aromatic carbocycles. The van der Waals surface area contributed by atoms with Crippen molar-refractivity contribution in [3.63, 3.8) is 0 Å². The molecule has 1 amide bonds. The molecule has 0 radical (unpaired) electrons. The topological polar surface area (TPSA) is 41.6 Å². The number of anilines is 1. The third kappa shape index (κ3) is 4.97. The van der Waals surface area contributed by atoms with Gasteiger partial charge in [-0.05, 0) is 62.0 Å². The largest absolute Gasteiger partial charge is 0.497 e. The van der Waals surface area contributed by atoms with Crippen LogP contribution in [0.2, 0.25) is 0 Å². The van der Waals surface area contributed by atoms with Gasteiger partial charge in [0.1, 0.15) is 5.75 Å². The molecule has 6 heteroatoms. The maximum Gasteiger partial charge on any atom is 0.230 e. The number of nitrogens with one attached hydrogen (secondary N) is 1. The molecule has 3 rings (SSSR count). The summed E-state index contributed by atoms with van der Waals surface area (Å²) in [5.41, 5.74) is 0.931. The summed E-state index contributed by atoms with van der Waals surface area (Å²) in [5.74, 6) is 1.11. The van der Waals surface area contributed by atoms with Crippen molar-refractivity contribution in [2.75, 3.05) is 18.6 Å². The molecule has 0 aliphatic carbocycles. The van der Waals surface area contributed by atoms with Crippen LogP contribution in [0, 0.1) is 5.92 Å². The van der Waals surface area contributed by atoms with Gasteiger partial charge in [-0.3, -0.25) is 4.79 Å². The molecule has 1 saturated heterocycles. The molecule has 1 aliphatic heterocycles. The third-order valence-corrected chi connectivity index (χ3v) is 5.38. The number of rotatable bonds is 5. The highest BCUT2D eigenvalue weighted by Gasteiger charge is 2.29. The van der Waals surface area contributed by atoms with Gasteiger partial charge in [0.05, 0.1) is 13.7 Å². The Bertz CT molecular complexity index is 661. The molecule has 4 nitrogen and oxygen atoms in total. The van der Waals surface area contributed by atoms with E-state index < -0.39 is 0 Å². The fourth-order valence-corrected chi connectivity index (χ4v) is 3.89. The predicted molar refractivity (Wildman–Crippen MR) is 106 cm³/mol. The summed E-state index contributed by atoms with van der Waals surface area (Å²) in [6.45, 7) is 3.69. The number of piperidine rings is 1. The Morgan fingerprint density at radius 1 is 1.32 bits per heavy atom. The van der Waals surface area contributed by atoms with E-state index in [1.165, 1.54) is 4.88 Å². The Kier molecular flexibility index (Phi) is 7.29. The Morgan fingerprint density at radius 2 is 2.08 bits per heavy atom. The third-order valence-electron chi connectivity index (χ3n) is 4.52. The lowest BCUT2D eigenvalue weighted by atomic mass is 9.91. The molecule has 0 saturated carbocycles. The van der Waals surface area contributed by atoms with E-state index in [0.29, 0.717) is 12.6 Å². The van der Waals surface area contributed by atoms with Gasteiger partial charge in [0.15, 0.2) is 0 Å². The zero-order valence-electron chi connectivity index (χ0n) is 14.6. The van der Waals surface area contributed by atoms with Gasteiger partial charge in [0.2, 0.25) is 5.91 Å². The number of hydrogen-bond donors (Lipinski definition) is 1. The minimum atomic E-state index is 0.